The van der Waals surface area contributed by atoms with Gasteiger partial charge in [0.25, 0.3) is 0 Å². The van der Waals surface area contributed by atoms with E-state index in [2.05, 4.69) is 158 Å². The molecular weight excluding hydrogens is 917 g/mol. The molecule has 0 saturated carbocycles. The Balaban J connectivity index is 1.03. The van der Waals surface area contributed by atoms with Crippen LogP contribution in [0, 0.1) is 0 Å². The van der Waals surface area contributed by atoms with Crippen LogP contribution in [0.1, 0.15) is 13.8 Å². The lowest BCUT2D eigenvalue weighted by molar-refractivity contribution is 0.0180. The fourth-order valence-corrected chi connectivity index (χ4v) is 10.1. The maximum atomic E-state index is 6.07. The van der Waals surface area contributed by atoms with Gasteiger partial charge in [-0.2, -0.15) is 0 Å². The number of rotatable bonds is 28. The molecule has 0 aliphatic rings. The van der Waals surface area contributed by atoms with Crippen LogP contribution in [0.2, 0.25) is 0 Å². The largest absolute Gasteiger partial charge is 0.491 e. The lowest BCUT2D eigenvalue weighted by Gasteiger charge is -2.26. The second-order valence-electron chi connectivity index (χ2n) is 17.8. The van der Waals surface area contributed by atoms with Gasteiger partial charge in [0.15, 0.2) is 0 Å². The highest BCUT2D eigenvalue weighted by molar-refractivity contribution is 6.13. The number of nitrogens with zero attached hydrogens (tertiary/aromatic N) is 4. The molecule has 0 aliphatic carbocycles. The van der Waals surface area contributed by atoms with Gasteiger partial charge in [-0.25, -0.2) is 0 Å². The number of anilines is 3. The predicted octanol–water partition coefficient (Wildman–Crippen LogP) is 12.6. The van der Waals surface area contributed by atoms with Crippen molar-refractivity contribution in [2.45, 2.75) is 26.9 Å². The number of fused-ring (bicyclic) bond motifs is 9. The Labute approximate surface area is 427 Å². The predicted molar refractivity (Wildman–Crippen MR) is 295 cm³/mol. The Hall–Kier alpha value is -6.74. The zero-order valence-corrected chi connectivity index (χ0v) is 42.3. The van der Waals surface area contributed by atoms with Crippen molar-refractivity contribution in [2.75, 3.05) is 105 Å². The molecule has 0 bridgehead atoms. The zero-order valence-electron chi connectivity index (χ0n) is 42.3. The third-order valence-corrected chi connectivity index (χ3v) is 13.4. The van der Waals surface area contributed by atoms with Crippen LogP contribution in [0.3, 0.4) is 0 Å². The first-order valence-electron chi connectivity index (χ1n) is 25.7. The molecule has 3 aromatic heterocycles. The number of hydrogen-bond acceptors (Lipinski definition) is 9. The van der Waals surface area contributed by atoms with Crippen LogP contribution in [0.4, 0.5) is 17.1 Å². The normalized spacial score (nSPS) is 11.9. The van der Waals surface area contributed by atoms with Gasteiger partial charge < -0.3 is 56.5 Å². The van der Waals surface area contributed by atoms with Gasteiger partial charge in [-0.15, -0.1) is 0 Å². The van der Waals surface area contributed by atoms with Crippen LogP contribution in [-0.4, -0.2) is 113 Å². The quantitative estimate of drug-likeness (QED) is 0.0445. The molecule has 7 aromatic carbocycles. The molecule has 0 fully saturated rings. The van der Waals surface area contributed by atoms with Gasteiger partial charge in [0.05, 0.1) is 83.7 Å². The third-order valence-electron chi connectivity index (χ3n) is 13.4. The molecule has 0 amide bonds. The van der Waals surface area contributed by atoms with Gasteiger partial charge in [0.1, 0.15) is 12.4 Å². The van der Waals surface area contributed by atoms with Gasteiger partial charge >= 0.3 is 0 Å². The first-order chi connectivity index (χ1) is 36.2. The number of hydrogen-bond donors (Lipinski definition) is 0. The second kappa shape index (κ2) is 24.3. The van der Waals surface area contributed by atoms with Gasteiger partial charge in [0.2, 0.25) is 0 Å². The van der Waals surface area contributed by atoms with Crippen LogP contribution < -0.4 is 9.64 Å². The zero-order chi connectivity index (χ0) is 49.8. The monoisotopic (exact) mass is 982 g/mol. The number of ether oxygens (including phenoxy) is 8. The summed E-state index contributed by atoms with van der Waals surface area (Å²) in [6.07, 6.45) is 0. The molecule has 3 heterocycles. The fraction of sp³-hybridized carbons (Fsp3) is 0.311. The van der Waals surface area contributed by atoms with E-state index < -0.39 is 0 Å². The van der Waals surface area contributed by atoms with E-state index in [0.29, 0.717) is 92.5 Å². The summed E-state index contributed by atoms with van der Waals surface area (Å²) in [5.41, 5.74) is 11.2. The van der Waals surface area contributed by atoms with Crippen molar-refractivity contribution in [3.8, 4) is 11.4 Å². The number of methoxy groups -OCH3 is 1. The first kappa shape index (κ1) is 49.8. The Bertz CT molecular complexity index is 3260. The van der Waals surface area contributed by atoms with E-state index in [4.69, 9.17) is 37.9 Å². The van der Waals surface area contributed by atoms with Crippen LogP contribution >= 0.6 is 0 Å². The first-order valence-corrected chi connectivity index (χ1v) is 25.7. The number of benzene rings is 7. The van der Waals surface area contributed by atoms with Crippen molar-refractivity contribution >= 4 is 82.5 Å². The molecule has 12 nitrogen and oxygen atoms in total. The highest BCUT2D eigenvalue weighted by Crippen LogP contribution is 2.43. The maximum Gasteiger partial charge on any atom is 0.119 e. The van der Waals surface area contributed by atoms with Gasteiger partial charge in [-0.05, 0) is 111 Å². The van der Waals surface area contributed by atoms with E-state index in [0.717, 1.165) is 58.0 Å². The molecular formula is C61H66N4O8. The lowest BCUT2D eigenvalue weighted by Crippen LogP contribution is -2.12. The summed E-state index contributed by atoms with van der Waals surface area (Å²) in [5.74, 6) is 0.791. The molecule has 10 rings (SSSR count). The Kier molecular flexibility index (Phi) is 16.6. The van der Waals surface area contributed by atoms with Crippen molar-refractivity contribution in [3.05, 3.63) is 152 Å². The van der Waals surface area contributed by atoms with Crippen molar-refractivity contribution in [2.24, 2.45) is 0 Å². The van der Waals surface area contributed by atoms with Crippen LogP contribution in [-0.2, 0) is 46.2 Å². The van der Waals surface area contributed by atoms with E-state index in [1.165, 1.54) is 49.0 Å². The summed E-state index contributed by atoms with van der Waals surface area (Å²) >= 11 is 0. The molecule has 10 aromatic rings. The van der Waals surface area contributed by atoms with Crippen LogP contribution in [0.5, 0.6) is 5.75 Å². The van der Waals surface area contributed by atoms with E-state index in [-0.39, 0.29) is 0 Å². The standard InChI is InChI=1S/C61H66N4O8/c1-4-67-34-36-69-30-28-62-56-15-9-6-12-50(56)53-42-46(20-25-58(53)62)64(47-21-26-59-54(43-47)51-13-7-10-16-57(51)63(59)29-31-70-37-35-68-5-2)48-22-27-61-55(44-48)52-14-8-11-17-60(52)65(61)45-18-23-49(24-19-45)73-41-40-72-39-38-71-33-32-66-3/h6-27,42-44H,4-5,28-41H2,1-3H3. The van der Waals surface area contributed by atoms with Crippen molar-refractivity contribution in [1.29, 1.82) is 0 Å². The minimum absolute atomic E-state index is 0.449. The average Bonchev–Trinajstić information content (AvgIpc) is 4.05. The van der Waals surface area contributed by atoms with Gasteiger partial charge in [-0.3, -0.25) is 0 Å². The Morgan fingerprint density at radius 3 is 1.25 bits per heavy atom. The summed E-state index contributed by atoms with van der Waals surface area (Å²) in [4.78, 5) is 2.42. The molecule has 0 aliphatic heterocycles. The Morgan fingerprint density at radius 1 is 0.356 bits per heavy atom. The minimum Gasteiger partial charge on any atom is -0.491 e. The van der Waals surface area contributed by atoms with E-state index in [9.17, 15) is 0 Å². The number of aromatic nitrogens is 3. The smallest absolute Gasteiger partial charge is 0.119 e. The second-order valence-corrected chi connectivity index (χ2v) is 17.8. The third kappa shape index (κ3) is 11.0. The fourth-order valence-electron chi connectivity index (χ4n) is 10.1. The molecule has 73 heavy (non-hydrogen) atoms. The topological polar surface area (TPSA) is 91.9 Å². The van der Waals surface area contributed by atoms with E-state index >= 15 is 0 Å². The van der Waals surface area contributed by atoms with Crippen molar-refractivity contribution < 1.29 is 37.9 Å². The van der Waals surface area contributed by atoms with E-state index in [1.54, 1.807) is 7.11 Å². The van der Waals surface area contributed by atoms with Crippen molar-refractivity contribution in [1.82, 2.24) is 13.7 Å². The SMILES string of the molecule is CCOCCOCCn1c2ccccc2c2cc(N(c3ccc4c(c3)c3ccccc3n4CCOCCOCC)c3ccc4c(c3)c3ccccc3n4-c3ccc(OCCOCCOCCOC)cc3)ccc21. The summed E-state index contributed by atoms with van der Waals surface area (Å²) in [5, 5.41) is 7.13. The van der Waals surface area contributed by atoms with Crippen molar-refractivity contribution in [3.63, 3.8) is 0 Å². The van der Waals surface area contributed by atoms with E-state index in [1.807, 2.05) is 26.0 Å². The molecule has 12 heteroatoms. The lowest BCUT2D eigenvalue weighted by atomic mass is 10.1. The minimum atomic E-state index is 0.449. The van der Waals surface area contributed by atoms with Gasteiger partial charge in [0, 0.05) is 111 Å². The number of para-hydroxylation sites is 3. The molecule has 0 unspecified atom stereocenters. The highest BCUT2D eigenvalue weighted by atomic mass is 16.6. The van der Waals surface area contributed by atoms with Crippen LogP contribution in [0.15, 0.2) is 152 Å². The molecule has 0 saturated heterocycles. The maximum absolute atomic E-state index is 6.07. The summed E-state index contributed by atoms with van der Waals surface area (Å²) in [7, 11) is 1.67. The van der Waals surface area contributed by atoms with Gasteiger partial charge in [-0.1, -0.05) is 54.6 Å². The molecule has 0 spiro atoms. The molecule has 378 valence electrons. The van der Waals surface area contributed by atoms with Crippen LogP contribution in [0.25, 0.3) is 71.1 Å². The summed E-state index contributed by atoms with van der Waals surface area (Å²) < 4.78 is 52.6. The molecule has 0 N–H and O–H groups in total. The summed E-state index contributed by atoms with van der Waals surface area (Å²) in [6, 6.07) is 55.1. The average molecular weight is 983 g/mol. The molecule has 0 atom stereocenters. The molecule has 0 radical (unpaired) electrons. The summed E-state index contributed by atoms with van der Waals surface area (Å²) in [6.45, 7) is 13.5. The Morgan fingerprint density at radius 2 is 0.740 bits per heavy atom. The highest BCUT2D eigenvalue weighted by Gasteiger charge is 2.21.